The molecule has 0 bridgehead atoms. The Morgan fingerprint density at radius 2 is 1.86 bits per heavy atom. The molecule has 10 heteroatoms. The zero-order valence-corrected chi connectivity index (χ0v) is 18.8. The number of nitrogens with one attached hydrogen (secondary N) is 2. The Kier molecular flexibility index (Phi) is 7.54. The molecule has 2 atom stereocenters. The van der Waals surface area contributed by atoms with Gasteiger partial charge < -0.3 is 15.2 Å². The van der Waals surface area contributed by atoms with Crippen molar-refractivity contribution in [1.82, 2.24) is 25.5 Å². The van der Waals surface area contributed by atoms with E-state index in [0.29, 0.717) is 17.1 Å². The van der Waals surface area contributed by atoms with Gasteiger partial charge in [0.1, 0.15) is 23.6 Å². The summed E-state index contributed by atoms with van der Waals surface area (Å²) in [4.78, 5) is 21.6. The lowest BCUT2D eigenvalue weighted by Crippen LogP contribution is -2.47. The number of carbonyl (C=O) groups excluding carboxylic acids is 1. The van der Waals surface area contributed by atoms with Gasteiger partial charge in [0.2, 0.25) is 0 Å². The summed E-state index contributed by atoms with van der Waals surface area (Å²) in [6.45, 7) is -0.355. The smallest absolute Gasteiger partial charge is 0.252 e. The Morgan fingerprint density at radius 3 is 2.54 bits per heavy atom. The first kappa shape index (κ1) is 24.1. The van der Waals surface area contributed by atoms with Gasteiger partial charge in [-0.25, -0.2) is 18.7 Å². The molecule has 0 radical (unpaired) electrons. The number of ether oxygens (including phenoxy) is 1. The Balaban J connectivity index is 1.64. The minimum atomic E-state index is -0.739. The molecule has 0 saturated heterocycles. The van der Waals surface area contributed by atoms with Crippen LogP contribution in [0.4, 0.5) is 8.78 Å². The summed E-state index contributed by atoms with van der Waals surface area (Å²) < 4.78 is 33.6. The number of rotatable bonds is 9. The maximum absolute atomic E-state index is 15.0. The standard InChI is InChI=1S/C25H23F2N5O3/c1-35-22(14-33)20(13-23-28-10-3-11-29-23)30-25(34)17-4-2-5-18(27)24(17)21-12-19(31-32-21)15-6-8-16(26)9-7-15/h2-12,20,22,33H,13-14H2,1H3,(H,30,34)(H,31,32)/t20?,22-/m0/s1. The fourth-order valence-corrected chi connectivity index (χ4v) is 3.73. The second-order valence-electron chi connectivity index (χ2n) is 7.74. The van der Waals surface area contributed by atoms with E-state index >= 15 is 0 Å². The van der Waals surface area contributed by atoms with Gasteiger partial charge in [-0.3, -0.25) is 9.89 Å². The van der Waals surface area contributed by atoms with Crippen LogP contribution in [0.15, 0.2) is 67.0 Å². The number of carbonyl (C=O) groups is 1. The summed E-state index contributed by atoms with van der Waals surface area (Å²) in [5.41, 5.74) is 1.46. The number of nitrogens with zero attached hydrogens (tertiary/aromatic N) is 3. The molecular formula is C25H23F2N5O3. The molecule has 0 saturated carbocycles. The fourth-order valence-electron chi connectivity index (χ4n) is 3.73. The summed E-state index contributed by atoms with van der Waals surface area (Å²) in [5.74, 6) is -1.13. The van der Waals surface area contributed by atoms with Crippen molar-refractivity contribution in [3.05, 3.63) is 90.0 Å². The van der Waals surface area contributed by atoms with Gasteiger partial charge in [0, 0.05) is 37.1 Å². The van der Waals surface area contributed by atoms with Crippen LogP contribution in [-0.4, -0.2) is 57.0 Å². The lowest BCUT2D eigenvalue weighted by Gasteiger charge is -2.25. The third kappa shape index (κ3) is 5.56. The normalized spacial score (nSPS) is 12.8. The minimum Gasteiger partial charge on any atom is -0.394 e. The van der Waals surface area contributed by atoms with Crippen LogP contribution in [0.2, 0.25) is 0 Å². The van der Waals surface area contributed by atoms with Crippen LogP contribution in [0.25, 0.3) is 22.5 Å². The molecule has 1 amide bonds. The Morgan fingerprint density at radius 1 is 1.11 bits per heavy atom. The molecule has 35 heavy (non-hydrogen) atoms. The van der Waals surface area contributed by atoms with E-state index in [0.717, 1.165) is 0 Å². The number of hydrogen-bond donors (Lipinski definition) is 3. The van der Waals surface area contributed by atoms with E-state index in [1.165, 1.54) is 37.4 Å². The molecule has 0 aliphatic carbocycles. The molecule has 8 nitrogen and oxygen atoms in total. The third-order valence-corrected chi connectivity index (χ3v) is 5.52. The van der Waals surface area contributed by atoms with Gasteiger partial charge in [-0.1, -0.05) is 6.07 Å². The maximum Gasteiger partial charge on any atom is 0.252 e. The molecule has 2 heterocycles. The number of aliphatic hydroxyl groups excluding tert-OH is 1. The first-order valence-corrected chi connectivity index (χ1v) is 10.8. The summed E-state index contributed by atoms with van der Waals surface area (Å²) in [5, 5.41) is 19.5. The lowest BCUT2D eigenvalue weighted by molar-refractivity contribution is 0.0211. The zero-order chi connectivity index (χ0) is 24.8. The monoisotopic (exact) mass is 479 g/mol. The second kappa shape index (κ2) is 10.9. The Labute approximate surface area is 200 Å². The van der Waals surface area contributed by atoms with E-state index in [9.17, 15) is 18.7 Å². The van der Waals surface area contributed by atoms with E-state index in [4.69, 9.17) is 4.74 Å². The first-order valence-electron chi connectivity index (χ1n) is 10.8. The Hall–Kier alpha value is -4.02. The first-order chi connectivity index (χ1) is 17.0. The molecule has 4 aromatic rings. The summed E-state index contributed by atoms with van der Waals surface area (Å²) >= 11 is 0. The molecule has 1 unspecified atom stereocenters. The summed E-state index contributed by atoms with van der Waals surface area (Å²) in [6.07, 6.45) is 2.60. The number of aromatic nitrogens is 4. The van der Waals surface area contributed by atoms with Gasteiger partial charge in [-0.05, 0) is 48.5 Å². The highest BCUT2D eigenvalue weighted by atomic mass is 19.1. The maximum atomic E-state index is 15.0. The van der Waals surface area contributed by atoms with Gasteiger partial charge >= 0.3 is 0 Å². The number of methoxy groups -OCH3 is 1. The topological polar surface area (TPSA) is 113 Å². The number of aliphatic hydroxyl groups is 1. The number of hydrogen-bond acceptors (Lipinski definition) is 6. The zero-order valence-electron chi connectivity index (χ0n) is 18.8. The second-order valence-corrected chi connectivity index (χ2v) is 7.74. The highest BCUT2D eigenvalue weighted by Gasteiger charge is 2.27. The van der Waals surface area contributed by atoms with E-state index in [1.54, 1.807) is 36.7 Å². The molecule has 2 aromatic heterocycles. The van der Waals surface area contributed by atoms with Crippen molar-refractivity contribution < 1.29 is 23.4 Å². The number of H-pyrrole nitrogens is 1. The van der Waals surface area contributed by atoms with Crippen molar-refractivity contribution in [1.29, 1.82) is 0 Å². The van der Waals surface area contributed by atoms with Crippen molar-refractivity contribution in [3.63, 3.8) is 0 Å². The van der Waals surface area contributed by atoms with Gasteiger partial charge in [0.25, 0.3) is 5.91 Å². The molecule has 0 aliphatic heterocycles. The quantitative estimate of drug-likeness (QED) is 0.340. The van der Waals surface area contributed by atoms with Crippen molar-refractivity contribution in [2.24, 2.45) is 0 Å². The van der Waals surface area contributed by atoms with E-state index in [2.05, 4.69) is 25.5 Å². The number of benzene rings is 2. The van der Waals surface area contributed by atoms with Crippen molar-refractivity contribution in [2.45, 2.75) is 18.6 Å². The van der Waals surface area contributed by atoms with Gasteiger partial charge in [0.05, 0.1) is 29.6 Å². The van der Waals surface area contributed by atoms with Crippen LogP contribution in [0.3, 0.4) is 0 Å². The summed E-state index contributed by atoms with van der Waals surface area (Å²) in [6, 6.07) is 12.4. The molecule has 0 spiro atoms. The minimum absolute atomic E-state index is 0.0264. The number of aromatic amines is 1. The molecule has 4 rings (SSSR count). The summed E-state index contributed by atoms with van der Waals surface area (Å²) in [7, 11) is 1.42. The lowest BCUT2D eigenvalue weighted by atomic mass is 10.0. The molecule has 0 fully saturated rings. The van der Waals surface area contributed by atoms with E-state index in [-0.39, 0.29) is 35.7 Å². The average molecular weight is 479 g/mol. The molecule has 3 N–H and O–H groups in total. The highest BCUT2D eigenvalue weighted by Crippen LogP contribution is 2.29. The van der Waals surface area contributed by atoms with Crippen LogP contribution in [0.5, 0.6) is 0 Å². The average Bonchev–Trinajstić information content (AvgIpc) is 3.35. The van der Waals surface area contributed by atoms with Gasteiger partial charge in [-0.2, -0.15) is 5.10 Å². The largest absolute Gasteiger partial charge is 0.394 e. The molecule has 180 valence electrons. The predicted molar refractivity (Wildman–Crippen MR) is 124 cm³/mol. The van der Waals surface area contributed by atoms with Crippen molar-refractivity contribution in [2.75, 3.05) is 13.7 Å². The van der Waals surface area contributed by atoms with E-state index < -0.39 is 23.9 Å². The molecule has 0 aliphatic rings. The van der Waals surface area contributed by atoms with Crippen LogP contribution in [0.1, 0.15) is 16.2 Å². The van der Waals surface area contributed by atoms with Crippen molar-refractivity contribution >= 4 is 5.91 Å². The molecular weight excluding hydrogens is 456 g/mol. The van der Waals surface area contributed by atoms with Crippen LogP contribution in [0, 0.1) is 11.6 Å². The van der Waals surface area contributed by atoms with E-state index in [1.807, 2.05) is 0 Å². The van der Waals surface area contributed by atoms with Gasteiger partial charge in [-0.15, -0.1) is 0 Å². The van der Waals surface area contributed by atoms with Crippen LogP contribution in [-0.2, 0) is 11.2 Å². The van der Waals surface area contributed by atoms with Crippen LogP contribution < -0.4 is 5.32 Å². The number of halogens is 2. The number of amides is 1. The highest BCUT2D eigenvalue weighted by molar-refractivity contribution is 6.01. The Bertz CT molecular complexity index is 1280. The van der Waals surface area contributed by atoms with Gasteiger partial charge in [0.15, 0.2) is 0 Å². The molecule has 2 aromatic carbocycles. The predicted octanol–water partition coefficient (Wildman–Crippen LogP) is 3.16. The van der Waals surface area contributed by atoms with Crippen LogP contribution >= 0.6 is 0 Å². The SMILES string of the molecule is CO[C@@H](CO)C(Cc1ncccn1)NC(=O)c1cccc(F)c1-c1cc(-c2ccc(F)cc2)n[nH]1. The third-order valence-electron chi connectivity index (χ3n) is 5.52. The fraction of sp³-hybridized carbons (Fsp3) is 0.200. The van der Waals surface area contributed by atoms with Crippen molar-refractivity contribution in [3.8, 4) is 22.5 Å².